The lowest BCUT2D eigenvalue weighted by atomic mass is 9.83. The molecule has 0 aromatic carbocycles. The molecule has 0 saturated carbocycles. The van der Waals surface area contributed by atoms with Crippen molar-refractivity contribution in [3.63, 3.8) is 0 Å². The largest absolute Gasteiger partial charge is 0.379 e. The number of terminal acetylenes is 1. The summed E-state index contributed by atoms with van der Waals surface area (Å²) in [6, 6.07) is 0.0772. The lowest BCUT2D eigenvalue weighted by Crippen LogP contribution is -2.44. The van der Waals surface area contributed by atoms with Crippen molar-refractivity contribution in [1.82, 2.24) is 0 Å². The summed E-state index contributed by atoms with van der Waals surface area (Å²) in [5, 5.41) is 0. The van der Waals surface area contributed by atoms with Crippen molar-refractivity contribution >= 4 is 0 Å². The van der Waals surface area contributed by atoms with E-state index in [1.165, 1.54) is 0 Å². The first-order chi connectivity index (χ1) is 6.43. The zero-order valence-corrected chi connectivity index (χ0v) is 9.84. The third kappa shape index (κ3) is 4.64. The van der Waals surface area contributed by atoms with Gasteiger partial charge in [0.2, 0.25) is 0 Å². The molecule has 2 nitrogen and oxygen atoms in total. The molecule has 0 fully saturated rings. The second-order valence-electron chi connectivity index (χ2n) is 4.78. The Balaban J connectivity index is 4.06. The minimum atomic E-state index is 0.0772. The van der Waals surface area contributed by atoms with Crippen LogP contribution in [-0.2, 0) is 4.74 Å². The normalized spacial score (nSPS) is 16.0. The molecule has 0 aliphatic rings. The predicted molar refractivity (Wildman–Crippen MR) is 60.9 cm³/mol. The number of hydrogen-bond acceptors (Lipinski definition) is 2. The molecule has 0 radical (unpaired) electrons. The third-order valence-electron chi connectivity index (χ3n) is 2.35. The second kappa shape index (κ2) is 6.06. The molecule has 2 unspecified atom stereocenters. The molecule has 2 atom stereocenters. The van der Waals surface area contributed by atoms with Gasteiger partial charge >= 0.3 is 0 Å². The number of hydrogen-bond donors (Lipinski definition) is 1. The van der Waals surface area contributed by atoms with Crippen LogP contribution in [-0.4, -0.2) is 19.3 Å². The molecule has 0 aromatic rings. The molecular formula is C12H23NO. The van der Waals surface area contributed by atoms with Gasteiger partial charge in [-0.25, -0.2) is 0 Å². The van der Waals surface area contributed by atoms with Crippen molar-refractivity contribution < 1.29 is 4.74 Å². The fourth-order valence-corrected chi connectivity index (χ4v) is 1.76. The van der Waals surface area contributed by atoms with E-state index in [-0.39, 0.29) is 17.6 Å². The minimum absolute atomic E-state index is 0.0772. The van der Waals surface area contributed by atoms with Gasteiger partial charge in [0, 0.05) is 19.6 Å². The summed E-state index contributed by atoms with van der Waals surface area (Å²) >= 11 is 0. The lowest BCUT2D eigenvalue weighted by molar-refractivity contribution is -0.00387. The Morgan fingerprint density at radius 3 is 2.36 bits per heavy atom. The zero-order chi connectivity index (χ0) is 11.2. The van der Waals surface area contributed by atoms with E-state index < -0.39 is 0 Å². The molecule has 0 rings (SSSR count). The molecule has 82 valence electrons. The number of methoxy groups -OCH3 is 1. The average Bonchev–Trinajstić information content (AvgIpc) is 2.03. The third-order valence-corrected chi connectivity index (χ3v) is 2.35. The number of ether oxygens (including phenoxy) is 1. The van der Waals surface area contributed by atoms with Crippen LogP contribution in [0.4, 0.5) is 0 Å². The molecule has 0 aromatic heterocycles. The van der Waals surface area contributed by atoms with E-state index in [1.807, 2.05) is 0 Å². The van der Waals surface area contributed by atoms with Gasteiger partial charge in [0.05, 0.1) is 6.10 Å². The van der Waals surface area contributed by atoms with E-state index in [4.69, 9.17) is 16.9 Å². The van der Waals surface area contributed by atoms with Crippen LogP contribution in [0, 0.1) is 17.8 Å². The van der Waals surface area contributed by atoms with Crippen LogP contribution in [0.25, 0.3) is 0 Å². The van der Waals surface area contributed by atoms with Crippen molar-refractivity contribution in [2.45, 2.75) is 52.2 Å². The van der Waals surface area contributed by atoms with Gasteiger partial charge in [-0.05, 0) is 18.3 Å². The highest BCUT2D eigenvalue weighted by Crippen LogP contribution is 2.25. The van der Waals surface area contributed by atoms with E-state index in [0.29, 0.717) is 0 Å². The summed E-state index contributed by atoms with van der Waals surface area (Å²) in [7, 11) is 1.72. The monoisotopic (exact) mass is 197 g/mol. The van der Waals surface area contributed by atoms with E-state index in [2.05, 4.69) is 26.7 Å². The molecule has 0 saturated heterocycles. The van der Waals surface area contributed by atoms with E-state index in [0.717, 1.165) is 19.3 Å². The fourth-order valence-electron chi connectivity index (χ4n) is 1.76. The molecule has 0 bridgehead atoms. The van der Waals surface area contributed by atoms with Crippen molar-refractivity contribution in [1.29, 1.82) is 0 Å². The quantitative estimate of drug-likeness (QED) is 0.541. The predicted octanol–water partition coefficient (Wildman–Crippen LogP) is 2.18. The Morgan fingerprint density at radius 2 is 2.00 bits per heavy atom. The first-order valence-corrected chi connectivity index (χ1v) is 5.15. The summed E-state index contributed by atoms with van der Waals surface area (Å²) < 4.78 is 5.43. The number of unbranched alkanes of at least 4 members (excludes halogenated alkanes) is 1. The maximum absolute atomic E-state index is 6.06. The Kier molecular flexibility index (Phi) is 5.83. The summed E-state index contributed by atoms with van der Waals surface area (Å²) in [4.78, 5) is 0. The van der Waals surface area contributed by atoms with Gasteiger partial charge in [-0.3, -0.25) is 0 Å². The maximum atomic E-state index is 6.06. The SMILES string of the molecule is C#CCCCC(N)C(OC)C(C)(C)C. The molecule has 0 amide bonds. The zero-order valence-electron chi connectivity index (χ0n) is 9.84. The lowest BCUT2D eigenvalue weighted by Gasteiger charge is -2.34. The van der Waals surface area contributed by atoms with Gasteiger partial charge in [0.25, 0.3) is 0 Å². The molecule has 0 spiro atoms. The maximum Gasteiger partial charge on any atom is 0.0770 e. The van der Waals surface area contributed by atoms with Crippen molar-refractivity contribution in [3.05, 3.63) is 0 Å². The molecular weight excluding hydrogens is 174 g/mol. The van der Waals surface area contributed by atoms with E-state index >= 15 is 0 Å². The van der Waals surface area contributed by atoms with Gasteiger partial charge in [-0.15, -0.1) is 12.3 Å². The van der Waals surface area contributed by atoms with Crippen LogP contribution in [0.1, 0.15) is 40.0 Å². The van der Waals surface area contributed by atoms with E-state index in [1.54, 1.807) is 7.11 Å². The van der Waals surface area contributed by atoms with Crippen LogP contribution in [0.2, 0.25) is 0 Å². The second-order valence-corrected chi connectivity index (χ2v) is 4.78. The number of rotatable bonds is 5. The van der Waals surface area contributed by atoms with Crippen LogP contribution < -0.4 is 5.73 Å². The Hall–Kier alpha value is -0.520. The Labute approximate surface area is 88.2 Å². The molecule has 0 aliphatic carbocycles. The average molecular weight is 197 g/mol. The topological polar surface area (TPSA) is 35.2 Å². The van der Waals surface area contributed by atoms with Crippen LogP contribution in [0.5, 0.6) is 0 Å². The van der Waals surface area contributed by atoms with Gasteiger partial charge in [-0.2, -0.15) is 0 Å². The molecule has 0 aliphatic heterocycles. The van der Waals surface area contributed by atoms with Crippen LogP contribution in [0.3, 0.4) is 0 Å². The van der Waals surface area contributed by atoms with Crippen molar-refractivity contribution in [2.75, 3.05) is 7.11 Å². The van der Waals surface area contributed by atoms with E-state index in [9.17, 15) is 0 Å². The highest BCUT2D eigenvalue weighted by molar-refractivity contribution is 4.87. The van der Waals surface area contributed by atoms with Crippen molar-refractivity contribution in [3.8, 4) is 12.3 Å². The van der Waals surface area contributed by atoms with Gasteiger partial charge in [-0.1, -0.05) is 20.8 Å². The molecule has 14 heavy (non-hydrogen) atoms. The van der Waals surface area contributed by atoms with Gasteiger partial charge in [0.15, 0.2) is 0 Å². The van der Waals surface area contributed by atoms with Crippen LogP contribution >= 0.6 is 0 Å². The fraction of sp³-hybridized carbons (Fsp3) is 0.833. The standard InChI is InChI=1S/C12H23NO/c1-6-7-8-9-10(13)11(14-5)12(2,3)4/h1,10-11H,7-9,13H2,2-5H3. The first kappa shape index (κ1) is 13.5. The molecule has 2 heteroatoms. The Morgan fingerprint density at radius 1 is 1.43 bits per heavy atom. The van der Waals surface area contributed by atoms with Crippen molar-refractivity contribution in [2.24, 2.45) is 11.1 Å². The first-order valence-electron chi connectivity index (χ1n) is 5.15. The summed E-state index contributed by atoms with van der Waals surface area (Å²) in [5.74, 6) is 2.62. The highest BCUT2D eigenvalue weighted by atomic mass is 16.5. The summed E-state index contributed by atoms with van der Waals surface area (Å²) in [6.45, 7) is 6.42. The smallest absolute Gasteiger partial charge is 0.0770 e. The highest BCUT2D eigenvalue weighted by Gasteiger charge is 2.29. The Bertz CT molecular complexity index is 187. The summed E-state index contributed by atoms with van der Waals surface area (Å²) in [6.07, 6.45) is 7.99. The minimum Gasteiger partial charge on any atom is -0.379 e. The summed E-state index contributed by atoms with van der Waals surface area (Å²) in [5.41, 5.74) is 6.15. The van der Waals surface area contributed by atoms with Gasteiger partial charge in [0.1, 0.15) is 0 Å². The van der Waals surface area contributed by atoms with Gasteiger partial charge < -0.3 is 10.5 Å². The molecule has 0 heterocycles. The number of nitrogens with two attached hydrogens (primary N) is 1. The van der Waals surface area contributed by atoms with Crippen LogP contribution in [0.15, 0.2) is 0 Å². The molecule has 2 N–H and O–H groups in total.